The SMILES string of the molecule is C=C/C(=C\C=C(\C)C(C)CC)OC.CC1CCN(CC(O)c2cccc(C#N)c2)C1. The van der Waals surface area contributed by atoms with Gasteiger partial charge in [0.05, 0.1) is 24.8 Å². The van der Waals surface area contributed by atoms with E-state index in [2.05, 4.69) is 51.3 Å². The van der Waals surface area contributed by atoms with Gasteiger partial charge >= 0.3 is 0 Å². The maximum absolute atomic E-state index is 10.1. The molecule has 0 aromatic heterocycles. The molecule has 0 bridgehead atoms. The van der Waals surface area contributed by atoms with Crippen molar-refractivity contribution in [1.29, 1.82) is 5.26 Å². The topological polar surface area (TPSA) is 56.5 Å². The Labute approximate surface area is 183 Å². The fraction of sp³-hybridized carbons (Fsp3) is 0.500. The van der Waals surface area contributed by atoms with Crippen molar-refractivity contribution >= 4 is 0 Å². The third-order valence-corrected chi connectivity index (χ3v) is 5.68. The molecule has 0 radical (unpaired) electrons. The molecular formula is C26H38N2O2. The number of methoxy groups -OCH3 is 1. The normalized spacial score (nSPS) is 19.3. The van der Waals surface area contributed by atoms with Crippen LogP contribution in [-0.2, 0) is 4.74 Å². The summed E-state index contributed by atoms with van der Waals surface area (Å²) in [5, 5.41) is 19.0. The van der Waals surface area contributed by atoms with Crippen molar-refractivity contribution in [2.45, 2.75) is 46.6 Å². The van der Waals surface area contributed by atoms with E-state index in [0.717, 1.165) is 30.3 Å². The molecule has 3 unspecified atom stereocenters. The number of hydrogen-bond donors (Lipinski definition) is 1. The fourth-order valence-electron chi connectivity index (χ4n) is 3.28. The molecular weight excluding hydrogens is 372 g/mol. The first-order chi connectivity index (χ1) is 14.3. The van der Waals surface area contributed by atoms with Crippen molar-refractivity contribution in [1.82, 2.24) is 4.90 Å². The van der Waals surface area contributed by atoms with Crippen LogP contribution in [-0.4, -0.2) is 36.8 Å². The number of likely N-dealkylation sites (tertiary alicyclic amines) is 1. The molecule has 0 spiro atoms. The van der Waals surface area contributed by atoms with Crippen molar-refractivity contribution < 1.29 is 9.84 Å². The smallest absolute Gasteiger partial charge is 0.118 e. The van der Waals surface area contributed by atoms with Gasteiger partial charge in [0, 0.05) is 13.1 Å². The molecule has 4 heteroatoms. The van der Waals surface area contributed by atoms with Gasteiger partial charge in [-0.1, -0.05) is 51.1 Å². The third-order valence-electron chi connectivity index (χ3n) is 5.68. The number of nitrogens with zero attached hydrogens (tertiary/aromatic N) is 2. The van der Waals surface area contributed by atoms with Gasteiger partial charge in [0.2, 0.25) is 0 Å². The Hall–Kier alpha value is -2.35. The van der Waals surface area contributed by atoms with Crippen LogP contribution in [0.2, 0.25) is 0 Å². The molecule has 164 valence electrons. The van der Waals surface area contributed by atoms with E-state index in [0.29, 0.717) is 18.0 Å². The van der Waals surface area contributed by atoms with Gasteiger partial charge in [0.1, 0.15) is 5.76 Å². The largest absolute Gasteiger partial charge is 0.497 e. The summed E-state index contributed by atoms with van der Waals surface area (Å²) in [6, 6.07) is 9.33. The maximum atomic E-state index is 10.1. The van der Waals surface area contributed by atoms with E-state index in [4.69, 9.17) is 10.00 Å². The molecule has 1 aromatic carbocycles. The second-order valence-corrected chi connectivity index (χ2v) is 8.10. The summed E-state index contributed by atoms with van der Waals surface area (Å²) in [6.07, 6.45) is 7.65. The van der Waals surface area contributed by atoms with Crippen LogP contribution >= 0.6 is 0 Å². The van der Waals surface area contributed by atoms with Crippen LogP contribution in [0.1, 0.15) is 57.8 Å². The maximum Gasteiger partial charge on any atom is 0.118 e. The van der Waals surface area contributed by atoms with Crippen LogP contribution in [0.4, 0.5) is 0 Å². The van der Waals surface area contributed by atoms with E-state index in [-0.39, 0.29) is 0 Å². The van der Waals surface area contributed by atoms with Crippen LogP contribution in [0, 0.1) is 23.2 Å². The molecule has 1 aromatic rings. The minimum absolute atomic E-state index is 0.492. The molecule has 0 aliphatic carbocycles. The molecule has 1 saturated heterocycles. The van der Waals surface area contributed by atoms with E-state index >= 15 is 0 Å². The number of β-amino-alcohol motifs (C(OH)–C–C–N with tert-alkyl or cyclic N) is 1. The zero-order valence-corrected chi connectivity index (χ0v) is 19.3. The Kier molecular flexibility index (Phi) is 11.8. The quantitative estimate of drug-likeness (QED) is 0.446. The summed E-state index contributed by atoms with van der Waals surface area (Å²) >= 11 is 0. The molecule has 1 aliphatic heterocycles. The number of ether oxygens (including phenoxy) is 1. The highest BCUT2D eigenvalue weighted by atomic mass is 16.5. The Bertz CT molecular complexity index is 761. The summed E-state index contributed by atoms with van der Waals surface area (Å²) in [7, 11) is 1.65. The second kappa shape index (κ2) is 13.8. The summed E-state index contributed by atoms with van der Waals surface area (Å²) < 4.78 is 5.06. The lowest BCUT2D eigenvalue weighted by molar-refractivity contribution is 0.124. The Morgan fingerprint density at radius 2 is 2.17 bits per heavy atom. The molecule has 4 nitrogen and oxygen atoms in total. The highest BCUT2D eigenvalue weighted by molar-refractivity contribution is 5.33. The number of benzene rings is 1. The van der Waals surface area contributed by atoms with E-state index in [1.54, 1.807) is 25.3 Å². The number of nitriles is 1. The van der Waals surface area contributed by atoms with Gasteiger partial charge in [0.15, 0.2) is 0 Å². The van der Waals surface area contributed by atoms with Gasteiger partial charge in [-0.05, 0) is 68.0 Å². The lowest BCUT2D eigenvalue weighted by atomic mass is 10.00. The first-order valence-corrected chi connectivity index (χ1v) is 10.8. The van der Waals surface area contributed by atoms with Crippen LogP contribution in [0.25, 0.3) is 0 Å². The van der Waals surface area contributed by atoms with Gasteiger partial charge in [-0.25, -0.2) is 0 Å². The standard InChI is InChI=1S/C14H18N2O.C12H20O/c1-11-5-6-16(9-11)10-14(17)13-4-2-3-12(7-13)8-15;1-6-10(3)11(4)8-9-12(7-2)13-5/h2-4,7,11,14,17H,5-6,9-10H2,1H3;7-10H,2,6H2,1,3-5H3/b;11-8-,12-9+. The summed E-state index contributed by atoms with van der Waals surface area (Å²) in [5.74, 6) is 2.18. The predicted molar refractivity (Wildman–Crippen MR) is 125 cm³/mol. The van der Waals surface area contributed by atoms with Crippen molar-refractivity contribution in [2.75, 3.05) is 26.7 Å². The predicted octanol–water partition coefficient (Wildman–Crippen LogP) is 5.63. The average Bonchev–Trinajstić information content (AvgIpc) is 3.18. The van der Waals surface area contributed by atoms with Crippen LogP contribution in [0.15, 0.2) is 60.4 Å². The third kappa shape index (κ3) is 8.98. The van der Waals surface area contributed by atoms with Crippen LogP contribution < -0.4 is 0 Å². The molecule has 1 heterocycles. The number of aliphatic hydroxyl groups excluding tert-OH is 1. The fourth-order valence-corrected chi connectivity index (χ4v) is 3.28. The van der Waals surface area contributed by atoms with E-state index in [9.17, 15) is 5.11 Å². The number of rotatable bonds is 8. The van der Waals surface area contributed by atoms with E-state index in [1.165, 1.54) is 18.4 Å². The first kappa shape index (κ1) is 25.7. The van der Waals surface area contributed by atoms with Crippen LogP contribution in [0.3, 0.4) is 0 Å². The molecule has 3 atom stereocenters. The molecule has 1 N–H and O–H groups in total. The Balaban J connectivity index is 0.000000314. The second-order valence-electron chi connectivity index (χ2n) is 8.10. The van der Waals surface area contributed by atoms with Crippen LogP contribution in [0.5, 0.6) is 0 Å². The Morgan fingerprint density at radius 1 is 1.43 bits per heavy atom. The minimum atomic E-state index is -0.492. The zero-order chi connectivity index (χ0) is 22.5. The van der Waals surface area contributed by atoms with Gasteiger partial charge in [-0.15, -0.1) is 0 Å². The summed E-state index contributed by atoms with van der Waals surface area (Å²) in [5.41, 5.74) is 2.82. The van der Waals surface area contributed by atoms with Gasteiger partial charge in [-0.2, -0.15) is 5.26 Å². The van der Waals surface area contributed by atoms with Crippen molar-refractivity contribution in [3.63, 3.8) is 0 Å². The molecule has 1 aliphatic rings. The first-order valence-electron chi connectivity index (χ1n) is 10.8. The van der Waals surface area contributed by atoms with Gasteiger partial charge in [0.25, 0.3) is 0 Å². The van der Waals surface area contributed by atoms with Crippen molar-refractivity contribution in [2.24, 2.45) is 11.8 Å². The molecule has 0 amide bonds. The van der Waals surface area contributed by atoms with E-state index in [1.807, 2.05) is 18.2 Å². The van der Waals surface area contributed by atoms with Crippen molar-refractivity contribution in [3.05, 3.63) is 71.5 Å². The molecule has 2 rings (SSSR count). The average molecular weight is 411 g/mol. The lowest BCUT2D eigenvalue weighted by Gasteiger charge is -2.20. The summed E-state index contributed by atoms with van der Waals surface area (Å²) in [4.78, 5) is 2.29. The molecule has 0 saturated carbocycles. The highest BCUT2D eigenvalue weighted by Crippen LogP contribution is 2.20. The molecule has 1 fully saturated rings. The van der Waals surface area contributed by atoms with Gasteiger partial charge < -0.3 is 14.7 Å². The number of aliphatic hydroxyl groups is 1. The van der Waals surface area contributed by atoms with Gasteiger partial charge in [-0.3, -0.25) is 0 Å². The number of hydrogen-bond acceptors (Lipinski definition) is 4. The zero-order valence-electron chi connectivity index (χ0n) is 19.3. The molecule has 30 heavy (non-hydrogen) atoms. The van der Waals surface area contributed by atoms with E-state index < -0.39 is 6.10 Å². The number of allylic oxidation sites excluding steroid dienone is 4. The summed E-state index contributed by atoms with van der Waals surface area (Å²) in [6.45, 7) is 15.2. The lowest BCUT2D eigenvalue weighted by Crippen LogP contribution is -2.26. The monoisotopic (exact) mass is 410 g/mol. The van der Waals surface area contributed by atoms with Crippen molar-refractivity contribution in [3.8, 4) is 6.07 Å². The highest BCUT2D eigenvalue weighted by Gasteiger charge is 2.21. The minimum Gasteiger partial charge on any atom is -0.497 e. The Morgan fingerprint density at radius 3 is 2.70 bits per heavy atom.